The Morgan fingerprint density at radius 1 is 1.38 bits per heavy atom. The molecular weight excluding hydrogens is 440 g/mol. The van der Waals surface area contributed by atoms with Crippen molar-refractivity contribution in [3.63, 3.8) is 0 Å². The van der Waals surface area contributed by atoms with Gasteiger partial charge >= 0.3 is 0 Å². The molecule has 2 rings (SSSR count). The molecule has 0 aliphatic carbocycles. The van der Waals surface area contributed by atoms with Crippen LogP contribution in [0, 0.1) is 0 Å². The summed E-state index contributed by atoms with van der Waals surface area (Å²) in [6.45, 7) is 3.84. The topological polar surface area (TPSA) is 59.1 Å². The van der Waals surface area contributed by atoms with Crippen molar-refractivity contribution >= 4 is 53.2 Å². The highest BCUT2D eigenvalue weighted by molar-refractivity contribution is 9.11. The Bertz CT molecular complexity index is 744. The summed E-state index contributed by atoms with van der Waals surface area (Å²) >= 11 is 8.12. The highest BCUT2D eigenvalue weighted by Crippen LogP contribution is 2.28. The first kappa shape index (κ1) is 17.1. The van der Waals surface area contributed by atoms with Crippen molar-refractivity contribution in [2.24, 2.45) is 0 Å². The monoisotopic (exact) mass is 452 g/mol. The Morgan fingerprint density at radius 3 is 2.67 bits per heavy atom. The third kappa shape index (κ3) is 4.13. The quantitative estimate of drug-likeness (QED) is 0.735. The van der Waals surface area contributed by atoms with Crippen molar-refractivity contribution in [2.45, 2.75) is 31.2 Å². The number of hydrogen-bond donors (Lipinski definition) is 1. The molecule has 1 atom stereocenters. The number of thiazole rings is 1. The van der Waals surface area contributed by atoms with Gasteiger partial charge in [0, 0.05) is 20.0 Å². The molecule has 1 N–H and O–H groups in total. The summed E-state index contributed by atoms with van der Waals surface area (Å²) in [6.07, 6.45) is 2.69. The van der Waals surface area contributed by atoms with E-state index in [9.17, 15) is 8.42 Å². The lowest BCUT2D eigenvalue weighted by Gasteiger charge is -2.13. The fourth-order valence-corrected chi connectivity index (χ4v) is 5.61. The zero-order valence-electron chi connectivity index (χ0n) is 11.4. The molecule has 0 saturated heterocycles. The predicted molar refractivity (Wildman–Crippen MR) is 92.1 cm³/mol. The van der Waals surface area contributed by atoms with Gasteiger partial charge in [-0.1, -0.05) is 22.9 Å². The molecule has 0 fully saturated rings. The summed E-state index contributed by atoms with van der Waals surface area (Å²) in [5, 5.41) is 0.767. The minimum Gasteiger partial charge on any atom is -0.248 e. The van der Waals surface area contributed by atoms with Gasteiger partial charge in [-0.3, -0.25) is 0 Å². The van der Waals surface area contributed by atoms with E-state index < -0.39 is 10.0 Å². The summed E-state index contributed by atoms with van der Waals surface area (Å²) in [4.78, 5) is 5.63. The van der Waals surface area contributed by atoms with Gasteiger partial charge in [-0.2, -0.15) is 0 Å². The summed E-state index contributed by atoms with van der Waals surface area (Å²) < 4.78 is 28.9. The Hall–Kier alpha value is -0.280. The molecule has 4 nitrogen and oxygen atoms in total. The van der Waals surface area contributed by atoms with E-state index in [0.717, 1.165) is 20.8 Å². The van der Waals surface area contributed by atoms with Crippen molar-refractivity contribution < 1.29 is 8.42 Å². The van der Waals surface area contributed by atoms with Crippen LogP contribution >= 0.6 is 43.2 Å². The molecule has 1 unspecified atom stereocenters. The molecule has 0 saturated carbocycles. The number of halogens is 2. The van der Waals surface area contributed by atoms with E-state index in [1.165, 1.54) is 11.3 Å². The van der Waals surface area contributed by atoms with E-state index in [2.05, 4.69) is 41.6 Å². The molecule has 1 aromatic heterocycles. The number of aryl methyl sites for hydroxylation is 1. The normalized spacial score (nSPS) is 13.3. The van der Waals surface area contributed by atoms with Gasteiger partial charge in [-0.05, 0) is 47.5 Å². The summed E-state index contributed by atoms with van der Waals surface area (Å²) in [5.41, 5.74) is 0. The number of aromatic nitrogens is 1. The molecule has 0 aliphatic heterocycles. The lowest BCUT2D eigenvalue weighted by atomic mass is 10.4. The first-order valence-corrected chi connectivity index (χ1v) is 10.1. The Labute approximate surface area is 145 Å². The first-order chi connectivity index (χ1) is 9.83. The summed E-state index contributed by atoms with van der Waals surface area (Å²) in [6, 6.07) is 4.60. The SMILES string of the molecule is CCc1cnc(C(C)NS(=O)(=O)c2ccc(Br)cc2Br)s1. The molecule has 0 amide bonds. The van der Waals surface area contributed by atoms with Crippen molar-refractivity contribution in [3.8, 4) is 0 Å². The minimum absolute atomic E-state index is 0.213. The Morgan fingerprint density at radius 2 is 2.10 bits per heavy atom. The van der Waals surface area contributed by atoms with Gasteiger partial charge in [-0.25, -0.2) is 18.1 Å². The van der Waals surface area contributed by atoms with Gasteiger partial charge in [0.2, 0.25) is 10.0 Å². The molecule has 0 radical (unpaired) electrons. The van der Waals surface area contributed by atoms with Crippen LogP contribution in [-0.2, 0) is 16.4 Å². The van der Waals surface area contributed by atoms with Crippen LogP contribution in [0.5, 0.6) is 0 Å². The van der Waals surface area contributed by atoms with Crippen molar-refractivity contribution in [1.29, 1.82) is 0 Å². The molecule has 2 aromatic rings. The molecule has 21 heavy (non-hydrogen) atoms. The van der Waals surface area contributed by atoms with E-state index in [4.69, 9.17) is 0 Å². The summed E-state index contributed by atoms with van der Waals surface area (Å²) in [7, 11) is -3.60. The van der Waals surface area contributed by atoms with Crippen LogP contribution in [0.2, 0.25) is 0 Å². The first-order valence-electron chi connectivity index (χ1n) is 6.25. The van der Waals surface area contributed by atoms with Crippen LogP contribution in [0.4, 0.5) is 0 Å². The smallest absolute Gasteiger partial charge is 0.242 e. The highest BCUT2D eigenvalue weighted by Gasteiger charge is 2.22. The molecule has 0 bridgehead atoms. The number of sulfonamides is 1. The van der Waals surface area contributed by atoms with Gasteiger partial charge in [0.05, 0.1) is 10.9 Å². The second-order valence-electron chi connectivity index (χ2n) is 4.44. The third-order valence-corrected chi connectivity index (χ3v) is 7.14. The van der Waals surface area contributed by atoms with Crippen LogP contribution in [0.15, 0.2) is 38.2 Å². The largest absolute Gasteiger partial charge is 0.248 e. The maximum absolute atomic E-state index is 12.4. The number of benzene rings is 1. The predicted octanol–water partition coefficient (Wildman–Crippen LogP) is 4.27. The molecule has 114 valence electrons. The van der Waals surface area contributed by atoms with Crippen LogP contribution in [0.25, 0.3) is 0 Å². The Balaban J connectivity index is 2.24. The van der Waals surface area contributed by atoms with Crippen molar-refractivity contribution in [3.05, 3.63) is 43.2 Å². The molecule has 0 aliphatic rings. The van der Waals surface area contributed by atoms with E-state index in [1.807, 2.05) is 6.92 Å². The van der Waals surface area contributed by atoms with Gasteiger partial charge < -0.3 is 0 Å². The minimum atomic E-state index is -3.60. The molecule has 1 heterocycles. The van der Waals surface area contributed by atoms with E-state index >= 15 is 0 Å². The van der Waals surface area contributed by atoms with Gasteiger partial charge in [0.25, 0.3) is 0 Å². The third-order valence-electron chi connectivity index (χ3n) is 2.81. The van der Waals surface area contributed by atoms with Crippen LogP contribution in [-0.4, -0.2) is 13.4 Å². The highest BCUT2D eigenvalue weighted by atomic mass is 79.9. The van der Waals surface area contributed by atoms with Gasteiger partial charge in [0.15, 0.2) is 0 Å². The number of nitrogens with zero attached hydrogens (tertiary/aromatic N) is 1. The number of nitrogens with one attached hydrogen (secondary N) is 1. The van der Waals surface area contributed by atoms with E-state index in [-0.39, 0.29) is 10.9 Å². The van der Waals surface area contributed by atoms with Crippen LogP contribution < -0.4 is 4.72 Å². The van der Waals surface area contributed by atoms with Gasteiger partial charge in [-0.15, -0.1) is 11.3 Å². The van der Waals surface area contributed by atoms with Gasteiger partial charge in [0.1, 0.15) is 5.01 Å². The Kier molecular flexibility index (Phi) is 5.59. The maximum atomic E-state index is 12.4. The zero-order chi connectivity index (χ0) is 15.6. The zero-order valence-corrected chi connectivity index (χ0v) is 16.2. The standard InChI is InChI=1S/C13H14Br2N2O2S2/c1-3-10-7-16-13(20-10)8(2)17-21(18,19)12-5-4-9(14)6-11(12)15/h4-8,17H,3H2,1-2H3. The second kappa shape index (κ2) is 6.87. The number of hydrogen-bond acceptors (Lipinski definition) is 4. The maximum Gasteiger partial charge on any atom is 0.242 e. The molecule has 8 heteroatoms. The second-order valence-corrected chi connectivity index (χ2v) is 9.04. The molecule has 1 aromatic carbocycles. The molecular formula is C13H14Br2N2O2S2. The summed E-state index contributed by atoms with van der Waals surface area (Å²) in [5.74, 6) is 0. The lowest BCUT2D eigenvalue weighted by molar-refractivity contribution is 0.566. The van der Waals surface area contributed by atoms with Crippen LogP contribution in [0.1, 0.15) is 29.8 Å². The molecule has 0 spiro atoms. The van der Waals surface area contributed by atoms with E-state index in [0.29, 0.717) is 4.47 Å². The number of rotatable bonds is 5. The van der Waals surface area contributed by atoms with Crippen molar-refractivity contribution in [1.82, 2.24) is 9.71 Å². The van der Waals surface area contributed by atoms with Crippen molar-refractivity contribution in [2.75, 3.05) is 0 Å². The van der Waals surface area contributed by atoms with Crippen LogP contribution in [0.3, 0.4) is 0 Å². The lowest BCUT2D eigenvalue weighted by Crippen LogP contribution is -2.27. The average molecular weight is 454 g/mol. The van der Waals surface area contributed by atoms with E-state index in [1.54, 1.807) is 31.3 Å². The fraction of sp³-hybridized carbons (Fsp3) is 0.308. The fourth-order valence-electron chi connectivity index (χ4n) is 1.73. The average Bonchev–Trinajstić information content (AvgIpc) is 2.86.